The van der Waals surface area contributed by atoms with Crippen LogP contribution in [0.5, 0.6) is 5.75 Å². The Bertz CT molecular complexity index is 1710. The van der Waals surface area contributed by atoms with Gasteiger partial charge in [-0.25, -0.2) is 4.98 Å². The number of ether oxygens (including phenoxy) is 2. The van der Waals surface area contributed by atoms with Gasteiger partial charge in [0.15, 0.2) is 0 Å². The Hall–Kier alpha value is -4.44. The summed E-state index contributed by atoms with van der Waals surface area (Å²) < 4.78 is 11.3. The summed E-state index contributed by atoms with van der Waals surface area (Å²) in [5.74, 6) is -0.460. The van der Waals surface area contributed by atoms with Crippen LogP contribution < -0.4 is 20.3 Å². The summed E-state index contributed by atoms with van der Waals surface area (Å²) in [6, 6.07) is 19.6. The molecule has 2 N–H and O–H groups in total. The van der Waals surface area contributed by atoms with Crippen molar-refractivity contribution >= 4 is 63.6 Å². The third kappa shape index (κ3) is 9.04. The predicted octanol–water partition coefficient (Wildman–Crippen LogP) is 5.99. The number of rotatable bonds is 13. The monoisotopic (exact) mass is 648 g/mol. The number of fused-ring (bicyclic) bond motifs is 1. The van der Waals surface area contributed by atoms with E-state index < -0.39 is 5.91 Å². The molecule has 1 heterocycles. The molecule has 0 radical (unpaired) electrons. The van der Waals surface area contributed by atoms with E-state index >= 15 is 0 Å². The fourth-order valence-electron chi connectivity index (χ4n) is 4.34. The minimum Gasteiger partial charge on any atom is -0.487 e. The van der Waals surface area contributed by atoms with Crippen molar-refractivity contribution in [2.24, 2.45) is 0 Å². The highest BCUT2D eigenvalue weighted by Crippen LogP contribution is 2.35. The van der Waals surface area contributed by atoms with Gasteiger partial charge in [0.1, 0.15) is 17.9 Å². The number of nitrogens with one attached hydrogen (secondary N) is 2. The first-order valence-corrected chi connectivity index (χ1v) is 15.1. The summed E-state index contributed by atoms with van der Waals surface area (Å²) >= 11 is 13.2. The second-order valence-electron chi connectivity index (χ2n) is 10.0. The zero-order valence-electron chi connectivity index (χ0n) is 25.2. The van der Waals surface area contributed by atoms with E-state index in [1.807, 2.05) is 44.2 Å². The van der Waals surface area contributed by atoms with Gasteiger partial charge >= 0.3 is 0 Å². The topological polar surface area (TPSA) is 110 Å². The summed E-state index contributed by atoms with van der Waals surface area (Å²) in [6.45, 7) is 5.06. The van der Waals surface area contributed by atoms with Crippen LogP contribution in [0.3, 0.4) is 0 Å². The lowest BCUT2D eigenvalue weighted by Gasteiger charge is -2.21. The number of aryl methyl sites for hydroxylation is 1. The van der Waals surface area contributed by atoms with Crippen LogP contribution in [0.25, 0.3) is 17.0 Å². The minimum absolute atomic E-state index is 0.0589. The van der Waals surface area contributed by atoms with Crippen molar-refractivity contribution in [3.05, 3.63) is 105 Å². The Morgan fingerprint density at radius 2 is 1.76 bits per heavy atom. The Morgan fingerprint density at radius 3 is 2.51 bits per heavy atom. The van der Waals surface area contributed by atoms with E-state index in [9.17, 15) is 14.4 Å². The van der Waals surface area contributed by atoms with Crippen LogP contribution in [0.1, 0.15) is 34.1 Å². The molecule has 3 amide bonds. The standard InChI is InChI=1S/C34H34Cl2N4O5/c1-4-44-19-18-37-34(43)25-13-9-23(10-14-25)11-17-30(41)38-20-31(42)40(3)28-16-15-27(35)26(32(28)36)21-45-29-7-5-6-24-12-8-22(2)39-33(24)29/h5-17H,4,18-21H2,1-3H3,(H,37,43)(H,38,41)/b17-11+. The van der Waals surface area contributed by atoms with Crippen molar-refractivity contribution in [2.45, 2.75) is 20.5 Å². The van der Waals surface area contributed by atoms with Gasteiger partial charge in [-0.2, -0.15) is 0 Å². The second kappa shape index (κ2) is 16.0. The minimum atomic E-state index is -0.454. The van der Waals surface area contributed by atoms with E-state index in [-0.39, 0.29) is 30.0 Å². The molecule has 0 bridgehead atoms. The molecule has 9 nitrogen and oxygen atoms in total. The molecule has 0 aliphatic rings. The zero-order valence-corrected chi connectivity index (χ0v) is 26.7. The number of halogens is 2. The molecule has 4 aromatic rings. The number of benzene rings is 3. The van der Waals surface area contributed by atoms with E-state index in [2.05, 4.69) is 15.6 Å². The SMILES string of the molecule is CCOCCNC(=O)c1ccc(/C=C/C(=O)NCC(=O)N(C)c2ccc(Cl)c(COc3cccc4ccc(C)nc34)c2Cl)cc1. The van der Waals surface area contributed by atoms with Crippen LogP contribution in [0, 0.1) is 6.92 Å². The largest absolute Gasteiger partial charge is 0.487 e. The lowest BCUT2D eigenvalue weighted by atomic mass is 10.1. The van der Waals surface area contributed by atoms with Gasteiger partial charge in [-0.05, 0) is 61.9 Å². The number of likely N-dealkylation sites (N-methyl/N-ethyl adjacent to an activating group) is 1. The fourth-order valence-corrected chi connectivity index (χ4v) is 4.94. The Morgan fingerprint density at radius 1 is 0.978 bits per heavy atom. The van der Waals surface area contributed by atoms with Crippen molar-refractivity contribution in [1.82, 2.24) is 15.6 Å². The number of anilines is 1. The molecule has 0 unspecified atom stereocenters. The highest BCUT2D eigenvalue weighted by atomic mass is 35.5. The number of aromatic nitrogens is 1. The van der Waals surface area contributed by atoms with Gasteiger partial charge in [0.2, 0.25) is 11.8 Å². The molecule has 11 heteroatoms. The molecular formula is C34H34Cl2N4O5. The van der Waals surface area contributed by atoms with Crippen LogP contribution in [-0.2, 0) is 20.9 Å². The summed E-state index contributed by atoms with van der Waals surface area (Å²) in [7, 11) is 1.57. The molecule has 0 spiro atoms. The van der Waals surface area contributed by atoms with Crippen LogP contribution in [0.2, 0.25) is 10.0 Å². The van der Waals surface area contributed by atoms with E-state index in [4.69, 9.17) is 32.7 Å². The first-order valence-electron chi connectivity index (χ1n) is 14.3. The maximum absolute atomic E-state index is 13.0. The molecular weight excluding hydrogens is 615 g/mol. The molecule has 234 valence electrons. The predicted molar refractivity (Wildman–Crippen MR) is 178 cm³/mol. The van der Waals surface area contributed by atoms with Crippen molar-refractivity contribution in [1.29, 1.82) is 0 Å². The smallest absolute Gasteiger partial charge is 0.251 e. The number of hydrogen-bond acceptors (Lipinski definition) is 6. The average molecular weight is 650 g/mol. The van der Waals surface area contributed by atoms with E-state index in [1.54, 1.807) is 49.5 Å². The second-order valence-corrected chi connectivity index (χ2v) is 10.8. The number of amides is 3. The van der Waals surface area contributed by atoms with Crippen molar-refractivity contribution in [2.75, 3.05) is 38.3 Å². The molecule has 0 saturated carbocycles. The third-order valence-electron chi connectivity index (χ3n) is 6.85. The van der Waals surface area contributed by atoms with E-state index in [0.29, 0.717) is 47.3 Å². The quantitative estimate of drug-likeness (QED) is 0.136. The Kier molecular flexibility index (Phi) is 11.9. The summed E-state index contributed by atoms with van der Waals surface area (Å²) in [6.07, 6.45) is 2.91. The van der Waals surface area contributed by atoms with E-state index in [0.717, 1.165) is 22.2 Å². The molecule has 0 saturated heterocycles. The molecule has 4 rings (SSSR count). The highest BCUT2D eigenvalue weighted by molar-refractivity contribution is 6.38. The third-order valence-corrected chi connectivity index (χ3v) is 7.62. The van der Waals surface area contributed by atoms with Crippen LogP contribution in [0.15, 0.2) is 72.8 Å². The normalized spacial score (nSPS) is 11.0. The van der Waals surface area contributed by atoms with Gasteiger partial charge in [-0.15, -0.1) is 0 Å². The van der Waals surface area contributed by atoms with Gasteiger partial charge in [0.05, 0.1) is 23.9 Å². The molecule has 3 aromatic carbocycles. The number of carbonyl (C=O) groups excluding carboxylic acids is 3. The number of carbonyl (C=O) groups is 3. The summed E-state index contributed by atoms with van der Waals surface area (Å²) in [5, 5.41) is 6.96. The molecule has 0 atom stereocenters. The number of hydrogen-bond donors (Lipinski definition) is 2. The van der Waals surface area contributed by atoms with Gasteiger partial charge < -0.3 is 25.0 Å². The maximum atomic E-state index is 13.0. The van der Waals surface area contributed by atoms with E-state index in [1.165, 1.54) is 11.0 Å². The van der Waals surface area contributed by atoms with Crippen LogP contribution in [-0.4, -0.2) is 56.1 Å². The van der Waals surface area contributed by atoms with Gasteiger partial charge in [-0.3, -0.25) is 14.4 Å². The van der Waals surface area contributed by atoms with Gasteiger partial charge in [-0.1, -0.05) is 53.5 Å². The average Bonchev–Trinajstić information content (AvgIpc) is 3.04. The number of nitrogens with zero attached hydrogens (tertiary/aromatic N) is 2. The van der Waals surface area contributed by atoms with Gasteiger partial charge in [0, 0.05) is 53.5 Å². The Labute approximate surface area is 272 Å². The molecule has 1 aromatic heterocycles. The lowest BCUT2D eigenvalue weighted by Crippen LogP contribution is -2.37. The number of para-hydroxylation sites is 1. The van der Waals surface area contributed by atoms with Crippen molar-refractivity contribution in [3.63, 3.8) is 0 Å². The molecule has 45 heavy (non-hydrogen) atoms. The van der Waals surface area contributed by atoms with Crippen LogP contribution in [0.4, 0.5) is 5.69 Å². The Balaban J connectivity index is 1.32. The van der Waals surface area contributed by atoms with Crippen molar-refractivity contribution < 1.29 is 23.9 Å². The maximum Gasteiger partial charge on any atom is 0.251 e. The molecule has 0 aliphatic heterocycles. The fraction of sp³-hybridized carbons (Fsp3) is 0.235. The lowest BCUT2D eigenvalue weighted by molar-refractivity contribution is -0.122. The van der Waals surface area contributed by atoms with Crippen LogP contribution >= 0.6 is 23.2 Å². The number of pyridine rings is 1. The first-order chi connectivity index (χ1) is 21.7. The van der Waals surface area contributed by atoms with Crippen molar-refractivity contribution in [3.8, 4) is 5.75 Å². The zero-order chi connectivity index (χ0) is 32.3. The summed E-state index contributed by atoms with van der Waals surface area (Å²) in [5.41, 5.74) is 3.74. The molecule has 0 aliphatic carbocycles. The first kappa shape index (κ1) is 33.5. The molecule has 0 fully saturated rings. The van der Waals surface area contributed by atoms with Gasteiger partial charge in [0.25, 0.3) is 5.91 Å². The summed E-state index contributed by atoms with van der Waals surface area (Å²) in [4.78, 5) is 43.5. The highest BCUT2D eigenvalue weighted by Gasteiger charge is 2.19.